The fourth-order valence-electron chi connectivity index (χ4n) is 1.08. The first-order chi connectivity index (χ1) is 5.79. The summed E-state index contributed by atoms with van der Waals surface area (Å²) in [7, 11) is 0. The molecule has 0 amide bonds. The molecule has 0 aromatic heterocycles. The third kappa shape index (κ3) is 1.62. The van der Waals surface area contributed by atoms with E-state index >= 15 is 0 Å². The van der Waals surface area contributed by atoms with Crippen molar-refractivity contribution in [3.63, 3.8) is 0 Å². The maximum Gasteiger partial charge on any atom is 0.373 e. The van der Waals surface area contributed by atoms with Gasteiger partial charge in [-0.15, -0.1) is 0 Å². The molecule has 12 heavy (non-hydrogen) atoms. The molecule has 0 aliphatic carbocycles. The predicted molar refractivity (Wildman–Crippen MR) is 43.9 cm³/mol. The van der Waals surface area contributed by atoms with Gasteiger partial charge in [-0.2, -0.15) is 5.26 Å². The first-order valence-corrected chi connectivity index (χ1v) is 3.73. The van der Waals surface area contributed by atoms with E-state index < -0.39 is 5.97 Å². The highest BCUT2D eigenvalue weighted by molar-refractivity contribution is 5.90. The molecular formula is C9H10O3. The predicted octanol–water partition coefficient (Wildman–Crippen LogP) is 1.88. The van der Waals surface area contributed by atoms with E-state index in [4.69, 9.17) is 5.26 Å². The number of carbonyl (C=O) groups is 1. The lowest BCUT2D eigenvalue weighted by Crippen LogP contribution is -2.04. The van der Waals surface area contributed by atoms with Crippen molar-refractivity contribution in [2.45, 2.75) is 13.3 Å². The van der Waals surface area contributed by atoms with Crippen molar-refractivity contribution in [1.29, 1.82) is 0 Å². The zero-order valence-electron chi connectivity index (χ0n) is 6.78. The quantitative estimate of drug-likeness (QED) is 0.539. The van der Waals surface area contributed by atoms with Crippen molar-refractivity contribution in [2.24, 2.45) is 0 Å². The van der Waals surface area contributed by atoms with Gasteiger partial charge < -0.3 is 0 Å². The molecule has 0 aliphatic heterocycles. The summed E-state index contributed by atoms with van der Waals surface area (Å²) in [5.41, 5.74) is 1.29. The van der Waals surface area contributed by atoms with Gasteiger partial charge in [0.25, 0.3) is 0 Å². The highest BCUT2D eigenvalue weighted by Crippen LogP contribution is 2.09. The highest BCUT2D eigenvalue weighted by atomic mass is 17.1. The van der Waals surface area contributed by atoms with Crippen LogP contribution in [-0.2, 0) is 11.3 Å². The molecule has 0 atom stereocenters. The number of benzene rings is 1. The highest BCUT2D eigenvalue weighted by Gasteiger charge is 2.09. The van der Waals surface area contributed by atoms with Crippen molar-refractivity contribution < 1.29 is 14.9 Å². The van der Waals surface area contributed by atoms with Gasteiger partial charge in [-0.3, -0.25) is 4.89 Å². The SMILES string of the molecule is CCc1ccccc1C(=O)OO. The Hall–Kier alpha value is -1.35. The van der Waals surface area contributed by atoms with Gasteiger partial charge in [-0.05, 0) is 18.1 Å². The van der Waals surface area contributed by atoms with Crippen LogP contribution in [0, 0.1) is 0 Å². The Balaban J connectivity index is 3.04. The third-order valence-corrected chi connectivity index (χ3v) is 1.70. The average Bonchev–Trinajstić information content (AvgIpc) is 2.16. The van der Waals surface area contributed by atoms with Gasteiger partial charge >= 0.3 is 5.97 Å². The van der Waals surface area contributed by atoms with Crippen molar-refractivity contribution in [2.75, 3.05) is 0 Å². The number of aryl methyl sites for hydroxylation is 1. The maximum atomic E-state index is 10.9. The van der Waals surface area contributed by atoms with Crippen LogP contribution >= 0.6 is 0 Å². The van der Waals surface area contributed by atoms with Gasteiger partial charge in [0.05, 0.1) is 5.56 Å². The molecule has 0 saturated heterocycles. The Bertz CT molecular complexity index is 281. The van der Waals surface area contributed by atoms with E-state index in [1.165, 1.54) is 0 Å². The second-order valence-corrected chi connectivity index (χ2v) is 2.39. The molecule has 0 aliphatic rings. The lowest BCUT2D eigenvalue weighted by Gasteiger charge is -2.02. The van der Waals surface area contributed by atoms with E-state index in [1.54, 1.807) is 12.1 Å². The summed E-state index contributed by atoms with van der Waals surface area (Å²) in [4.78, 5) is 14.6. The number of hydrogen-bond acceptors (Lipinski definition) is 3. The van der Waals surface area contributed by atoms with E-state index in [2.05, 4.69) is 4.89 Å². The van der Waals surface area contributed by atoms with E-state index in [9.17, 15) is 4.79 Å². The topological polar surface area (TPSA) is 46.5 Å². The van der Waals surface area contributed by atoms with E-state index in [0.29, 0.717) is 5.56 Å². The fraction of sp³-hybridized carbons (Fsp3) is 0.222. The van der Waals surface area contributed by atoms with E-state index in [-0.39, 0.29) is 0 Å². The second-order valence-electron chi connectivity index (χ2n) is 2.39. The van der Waals surface area contributed by atoms with Crippen LogP contribution in [0.4, 0.5) is 0 Å². The van der Waals surface area contributed by atoms with Crippen LogP contribution in [0.5, 0.6) is 0 Å². The first-order valence-electron chi connectivity index (χ1n) is 3.73. The van der Waals surface area contributed by atoms with Gasteiger partial charge in [0.15, 0.2) is 0 Å². The molecular weight excluding hydrogens is 156 g/mol. The molecule has 0 fully saturated rings. The molecule has 64 valence electrons. The summed E-state index contributed by atoms with van der Waals surface area (Å²) in [6.07, 6.45) is 0.741. The normalized spacial score (nSPS) is 9.50. The minimum absolute atomic E-state index is 0.419. The minimum Gasteiger partial charge on any atom is -0.295 e. The molecule has 3 heteroatoms. The number of hydrogen-bond donors (Lipinski definition) is 1. The van der Waals surface area contributed by atoms with Crippen molar-refractivity contribution >= 4 is 5.97 Å². The van der Waals surface area contributed by atoms with E-state index in [0.717, 1.165) is 12.0 Å². The van der Waals surface area contributed by atoms with Gasteiger partial charge in [0, 0.05) is 0 Å². The molecule has 1 aromatic carbocycles. The molecule has 0 unspecified atom stereocenters. The summed E-state index contributed by atoms with van der Waals surface area (Å²) in [5, 5.41) is 8.16. The van der Waals surface area contributed by atoms with Crippen LogP contribution in [0.25, 0.3) is 0 Å². The van der Waals surface area contributed by atoms with Crippen molar-refractivity contribution in [3.05, 3.63) is 35.4 Å². The zero-order valence-corrected chi connectivity index (χ0v) is 6.78. The van der Waals surface area contributed by atoms with Gasteiger partial charge in [0.1, 0.15) is 0 Å². The van der Waals surface area contributed by atoms with Crippen LogP contribution in [0.1, 0.15) is 22.8 Å². The van der Waals surface area contributed by atoms with Crippen molar-refractivity contribution in [1.82, 2.24) is 0 Å². The Morgan fingerprint density at radius 3 is 2.75 bits per heavy atom. The molecule has 0 bridgehead atoms. The number of rotatable bonds is 2. The summed E-state index contributed by atoms with van der Waals surface area (Å²) >= 11 is 0. The lowest BCUT2D eigenvalue weighted by molar-refractivity contribution is -0.182. The monoisotopic (exact) mass is 166 g/mol. The third-order valence-electron chi connectivity index (χ3n) is 1.70. The lowest BCUT2D eigenvalue weighted by atomic mass is 10.1. The maximum absolute atomic E-state index is 10.9. The molecule has 0 spiro atoms. The van der Waals surface area contributed by atoms with Gasteiger partial charge in [-0.25, -0.2) is 4.79 Å². The standard InChI is InChI=1S/C9H10O3/c1-2-7-5-3-4-6-8(7)9(10)12-11/h3-6,11H,2H2,1H3. The molecule has 3 nitrogen and oxygen atoms in total. The Kier molecular flexibility index (Phi) is 2.82. The van der Waals surface area contributed by atoms with Crippen LogP contribution in [0.2, 0.25) is 0 Å². The van der Waals surface area contributed by atoms with Crippen molar-refractivity contribution in [3.8, 4) is 0 Å². The first kappa shape index (κ1) is 8.74. The Morgan fingerprint density at radius 1 is 1.50 bits per heavy atom. The molecule has 1 rings (SSSR count). The minimum atomic E-state index is -0.701. The molecule has 0 heterocycles. The smallest absolute Gasteiger partial charge is 0.295 e. The van der Waals surface area contributed by atoms with Crippen LogP contribution < -0.4 is 0 Å². The van der Waals surface area contributed by atoms with Gasteiger partial charge in [0.2, 0.25) is 0 Å². The molecule has 1 N–H and O–H groups in total. The number of carbonyl (C=O) groups excluding carboxylic acids is 1. The zero-order chi connectivity index (χ0) is 8.97. The average molecular weight is 166 g/mol. The van der Waals surface area contributed by atoms with E-state index in [1.807, 2.05) is 19.1 Å². The summed E-state index contributed by atoms with van der Waals surface area (Å²) in [6, 6.07) is 7.02. The Labute approximate surface area is 70.5 Å². The van der Waals surface area contributed by atoms with Gasteiger partial charge in [-0.1, -0.05) is 25.1 Å². The molecule has 0 radical (unpaired) electrons. The van der Waals surface area contributed by atoms with Crippen LogP contribution in [0.3, 0.4) is 0 Å². The fourth-order valence-corrected chi connectivity index (χ4v) is 1.08. The summed E-state index contributed by atoms with van der Waals surface area (Å²) in [6.45, 7) is 1.93. The molecule has 0 saturated carbocycles. The van der Waals surface area contributed by atoms with Crippen LogP contribution in [-0.4, -0.2) is 11.2 Å². The second kappa shape index (κ2) is 3.88. The van der Waals surface area contributed by atoms with Crippen LogP contribution in [0.15, 0.2) is 24.3 Å². The summed E-state index contributed by atoms with van der Waals surface area (Å²) < 4.78 is 0. The Morgan fingerprint density at radius 2 is 2.17 bits per heavy atom. The molecule has 1 aromatic rings. The largest absolute Gasteiger partial charge is 0.373 e. The summed E-state index contributed by atoms with van der Waals surface area (Å²) in [5.74, 6) is -0.701.